The molecule has 1 aromatic carbocycles. The van der Waals surface area contributed by atoms with Gasteiger partial charge in [-0.3, -0.25) is 25.2 Å². The lowest BCUT2D eigenvalue weighted by Gasteiger charge is -2.07. The Labute approximate surface area is 146 Å². The zero-order valence-corrected chi connectivity index (χ0v) is 13.9. The number of aromatic nitrogens is 2. The summed E-state index contributed by atoms with van der Waals surface area (Å²) in [6, 6.07) is 8.54. The molecule has 2 amide bonds. The largest absolute Gasteiger partial charge is 0.290 e. The van der Waals surface area contributed by atoms with E-state index in [9.17, 15) is 14.4 Å². The molecule has 4 rings (SSSR count). The predicted molar refractivity (Wildman–Crippen MR) is 93.6 cm³/mol. The van der Waals surface area contributed by atoms with Crippen LogP contribution in [0, 0.1) is 0 Å². The summed E-state index contributed by atoms with van der Waals surface area (Å²) < 4.78 is 0. The minimum absolute atomic E-state index is 0.0455. The molecule has 0 saturated heterocycles. The zero-order valence-electron chi connectivity index (χ0n) is 13.1. The SMILES string of the molecule is O=C(NNC(=O)c1n[nH]c(=O)c2ccccc12)c1cc2c(s1)CCC2. The molecule has 0 unspecified atom stereocenters. The molecule has 1 aliphatic rings. The number of fused-ring (bicyclic) bond motifs is 2. The number of benzene rings is 1. The standard InChI is InChI=1S/C17H14N4O3S/c22-15-11-6-2-1-5-10(11)14(18-19-15)17(24)21-20-16(23)13-8-9-4-3-7-12(9)25-13/h1-2,5-6,8H,3-4,7H2,(H,19,22)(H,20,23)(H,21,24). The Hall–Kier alpha value is -3.00. The van der Waals surface area contributed by atoms with Crippen LogP contribution < -0.4 is 16.4 Å². The summed E-state index contributed by atoms with van der Waals surface area (Å²) in [4.78, 5) is 38.1. The molecule has 3 N–H and O–H groups in total. The van der Waals surface area contributed by atoms with Crippen LogP contribution in [0.25, 0.3) is 10.8 Å². The molecule has 0 saturated carbocycles. The van der Waals surface area contributed by atoms with Crippen molar-refractivity contribution < 1.29 is 9.59 Å². The molecule has 126 valence electrons. The van der Waals surface area contributed by atoms with Crippen LogP contribution in [-0.2, 0) is 12.8 Å². The van der Waals surface area contributed by atoms with E-state index in [0.717, 1.165) is 19.3 Å². The van der Waals surface area contributed by atoms with Crippen LogP contribution in [0.3, 0.4) is 0 Å². The first-order valence-corrected chi connectivity index (χ1v) is 8.65. The Balaban J connectivity index is 1.51. The maximum absolute atomic E-state index is 12.3. The summed E-state index contributed by atoms with van der Waals surface area (Å²) in [5, 5.41) is 6.88. The number of aromatic amines is 1. The maximum atomic E-state index is 12.3. The smallest absolute Gasteiger partial charge is 0.267 e. The van der Waals surface area contributed by atoms with Gasteiger partial charge in [0.05, 0.1) is 10.3 Å². The van der Waals surface area contributed by atoms with Gasteiger partial charge in [-0.15, -0.1) is 11.3 Å². The molecule has 2 heterocycles. The van der Waals surface area contributed by atoms with Crippen LogP contribution in [0.2, 0.25) is 0 Å². The molecule has 0 radical (unpaired) electrons. The van der Waals surface area contributed by atoms with Crippen LogP contribution in [0.1, 0.15) is 37.0 Å². The van der Waals surface area contributed by atoms with E-state index < -0.39 is 5.91 Å². The highest BCUT2D eigenvalue weighted by atomic mass is 32.1. The van der Waals surface area contributed by atoms with Gasteiger partial charge in [0.2, 0.25) is 0 Å². The Morgan fingerprint density at radius 1 is 1.08 bits per heavy atom. The van der Waals surface area contributed by atoms with Crippen molar-refractivity contribution in [3.63, 3.8) is 0 Å². The first-order valence-electron chi connectivity index (χ1n) is 7.83. The topological polar surface area (TPSA) is 104 Å². The highest BCUT2D eigenvalue weighted by Gasteiger charge is 2.19. The minimum Gasteiger partial charge on any atom is -0.267 e. The van der Waals surface area contributed by atoms with Gasteiger partial charge in [0, 0.05) is 10.3 Å². The number of carbonyl (C=O) groups is 2. The van der Waals surface area contributed by atoms with Gasteiger partial charge >= 0.3 is 0 Å². The summed E-state index contributed by atoms with van der Waals surface area (Å²) >= 11 is 1.46. The van der Waals surface area contributed by atoms with E-state index in [4.69, 9.17) is 0 Å². The highest BCUT2D eigenvalue weighted by Crippen LogP contribution is 2.30. The number of rotatable bonds is 2. The fraction of sp³-hybridized carbons (Fsp3) is 0.176. The van der Waals surface area contributed by atoms with Gasteiger partial charge in [-0.05, 0) is 37.0 Å². The molecule has 7 nitrogen and oxygen atoms in total. The fourth-order valence-corrected chi connectivity index (χ4v) is 4.11. The van der Waals surface area contributed by atoms with Gasteiger partial charge < -0.3 is 0 Å². The van der Waals surface area contributed by atoms with Crippen LogP contribution in [0.4, 0.5) is 0 Å². The average Bonchev–Trinajstić information content (AvgIpc) is 3.22. The van der Waals surface area contributed by atoms with Crippen LogP contribution >= 0.6 is 11.3 Å². The van der Waals surface area contributed by atoms with Crippen LogP contribution in [0.15, 0.2) is 35.1 Å². The highest BCUT2D eigenvalue weighted by molar-refractivity contribution is 7.14. The average molecular weight is 354 g/mol. The Kier molecular flexibility index (Phi) is 3.81. The lowest BCUT2D eigenvalue weighted by atomic mass is 10.1. The molecule has 0 spiro atoms. The number of nitrogens with zero attached hydrogens (tertiary/aromatic N) is 1. The Morgan fingerprint density at radius 3 is 2.64 bits per heavy atom. The molecular formula is C17H14N4O3S. The molecule has 0 bridgehead atoms. The van der Waals surface area contributed by atoms with Crippen LogP contribution in [-0.4, -0.2) is 22.0 Å². The van der Waals surface area contributed by atoms with E-state index in [1.165, 1.54) is 21.8 Å². The van der Waals surface area contributed by atoms with Gasteiger partial charge in [-0.2, -0.15) is 5.10 Å². The number of carbonyl (C=O) groups excluding carboxylic acids is 2. The number of hydrazine groups is 1. The number of H-pyrrole nitrogens is 1. The number of amides is 2. The van der Waals surface area contributed by atoms with E-state index >= 15 is 0 Å². The molecule has 25 heavy (non-hydrogen) atoms. The summed E-state index contributed by atoms with van der Waals surface area (Å²) in [5.41, 5.74) is 5.65. The fourth-order valence-electron chi connectivity index (χ4n) is 2.96. The quantitative estimate of drug-likeness (QED) is 0.607. The summed E-state index contributed by atoms with van der Waals surface area (Å²) in [5.74, 6) is -0.952. The normalized spacial score (nSPS) is 12.8. The van der Waals surface area contributed by atoms with E-state index in [2.05, 4.69) is 21.0 Å². The Morgan fingerprint density at radius 2 is 1.84 bits per heavy atom. The van der Waals surface area contributed by atoms with Crippen molar-refractivity contribution in [3.05, 3.63) is 61.7 Å². The number of hydrogen-bond acceptors (Lipinski definition) is 5. The van der Waals surface area contributed by atoms with Crippen molar-refractivity contribution in [1.82, 2.24) is 21.0 Å². The van der Waals surface area contributed by atoms with E-state index in [0.29, 0.717) is 15.6 Å². The van der Waals surface area contributed by atoms with Crippen molar-refractivity contribution in [3.8, 4) is 0 Å². The predicted octanol–water partition coefficient (Wildman–Crippen LogP) is 1.55. The van der Waals surface area contributed by atoms with Gasteiger partial charge in [-0.25, -0.2) is 5.10 Å². The minimum atomic E-state index is -0.593. The zero-order chi connectivity index (χ0) is 17.4. The Bertz CT molecular complexity index is 1030. The molecule has 0 fully saturated rings. The van der Waals surface area contributed by atoms with Crippen molar-refractivity contribution in [1.29, 1.82) is 0 Å². The van der Waals surface area contributed by atoms with Gasteiger partial charge in [0.25, 0.3) is 17.4 Å². The first kappa shape index (κ1) is 15.5. The lowest BCUT2D eigenvalue weighted by molar-refractivity contribution is 0.0846. The molecule has 8 heteroatoms. The van der Waals surface area contributed by atoms with E-state index in [-0.39, 0.29) is 17.2 Å². The first-order chi connectivity index (χ1) is 12.1. The molecule has 0 atom stereocenters. The third kappa shape index (κ3) is 2.80. The second kappa shape index (κ2) is 6.14. The molecule has 0 aliphatic heterocycles. The summed E-state index contributed by atoms with van der Waals surface area (Å²) in [6.07, 6.45) is 3.14. The second-order valence-electron chi connectivity index (χ2n) is 5.77. The van der Waals surface area contributed by atoms with Crippen molar-refractivity contribution >= 4 is 33.9 Å². The van der Waals surface area contributed by atoms with Crippen molar-refractivity contribution in [2.24, 2.45) is 0 Å². The van der Waals surface area contributed by atoms with E-state index in [1.807, 2.05) is 6.07 Å². The van der Waals surface area contributed by atoms with Crippen molar-refractivity contribution in [2.45, 2.75) is 19.3 Å². The molecule has 1 aliphatic carbocycles. The van der Waals surface area contributed by atoms with Gasteiger partial charge in [0.1, 0.15) is 0 Å². The maximum Gasteiger partial charge on any atom is 0.290 e. The third-order valence-electron chi connectivity index (χ3n) is 4.17. The number of aryl methyl sites for hydroxylation is 2. The number of thiophene rings is 1. The molecule has 2 aromatic heterocycles. The summed E-state index contributed by atoms with van der Waals surface area (Å²) in [6.45, 7) is 0. The van der Waals surface area contributed by atoms with E-state index in [1.54, 1.807) is 24.3 Å². The molecular weight excluding hydrogens is 340 g/mol. The van der Waals surface area contributed by atoms with Crippen molar-refractivity contribution in [2.75, 3.05) is 0 Å². The number of hydrogen-bond donors (Lipinski definition) is 3. The molecule has 3 aromatic rings. The van der Waals surface area contributed by atoms with Crippen LogP contribution in [0.5, 0.6) is 0 Å². The lowest BCUT2D eigenvalue weighted by Crippen LogP contribution is -2.42. The monoisotopic (exact) mass is 354 g/mol. The number of nitrogens with one attached hydrogen (secondary N) is 3. The summed E-state index contributed by atoms with van der Waals surface area (Å²) in [7, 11) is 0. The second-order valence-corrected chi connectivity index (χ2v) is 6.90. The third-order valence-corrected chi connectivity index (χ3v) is 5.41. The van der Waals surface area contributed by atoms with Gasteiger partial charge in [-0.1, -0.05) is 18.2 Å². The van der Waals surface area contributed by atoms with Gasteiger partial charge in [0.15, 0.2) is 5.69 Å².